The molecular formula is C12H10FNO3. The van der Waals surface area contributed by atoms with Crippen molar-refractivity contribution in [3.63, 3.8) is 0 Å². The number of hydrogen-bond acceptors (Lipinski definition) is 3. The molecule has 2 rings (SSSR count). The van der Waals surface area contributed by atoms with Gasteiger partial charge in [-0.05, 0) is 31.2 Å². The van der Waals surface area contributed by atoms with E-state index in [1.165, 1.54) is 18.2 Å². The normalized spacial score (nSPS) is 10.5. The second-order valence-corrected chi connectivity index (χ2v) is 3.41. The summed E-state index contributed by atoms with van der Waals surface area (Å²) in [7, 11) is 0. The van der Waals surface area contributed by atoms with Gasteiger partial charge in [0.25, 0.3) is 5.56 Å². The van der Waals surface area contributed by atoms with Crippen LogP contribution in [-0.2, 0) is 4.74 Å². The second kappa shape index (κ2) is 4.37. The molecule has 2 heterocycles. The van der Waals surface area contributed by atoms with Crippen molar-refractivity contribution in [1.82, 2.24) is 4.40 Å². The molecule has 0 N–H and O–H groups in total. The average Bonchev–Trinajstić information content (AvgIpc) is 2.30. The number of ether oxygens (including phenoxy) is 1. The van der Waals surface area contributed by atoms with Crippen molar-refractivity contribution in [3.05, 3.63) is 52.2 Å². The van der Waals surface area contributed by atoms with Crippen molar-refractivity contribution in [1.29, 1.82) is 0 Å². The lowest BCUT2D eigenvalue weighted by Gasteiger charge is -2.04. The van der Waals surface area contributed by atoms with Crippen LogP contribution in [0.2, 0.25) is 0 Å². The van der Waals surface area contributed by atoms with E-state index >= 15 is 0 Å². The van der Waals surface area contributed by atoms with Crippen LogP contribution in [0.25, 0.3) is 5.52 Å². The van der Waals surface area contributed by atoms with Gasteiger partial charge in [0.1, 0.15) is 11.4 Å². The Balaban J connectivity index is 2.65. The highest BCUT2D eigenvalue weighted by Crippen LogP contribution is 2.05. The fourth-order valence-corrected chi connectivity index (χ4v) is 1.53. The summed E-state index contributed by atoms with van der Waals surface area (Å²) in [6, 6.07) is 5.66. The van der Waals surface area contributed by atoms with Gasteiger partial charge in [-0.25, -0.2) is 9.18 Å². The van der Waals surface area contributed by atoms with Crippen LogP contribution in [-0.4, -0.2) is 17.0 Å². The molecule has 0 atom stereocenters. The topological polar surface area (TPSA) is 47.8 Å². The zero-order valence-electron chi connectivity index (χ0n) is 9.14. The van der Waals surface area contributed by atoms with Crippen LogP contribution in [0.3, 0.4) is 0 Å². The molecule has 5 heteroatoms. The Morgan fingerprint density at radius 3 is 2.76 bits per heavy atom. The zero-order valence-corrected chi connectivity index (χ0v) is 9.14. The lowest BCUT2D eigenvalue weighted by Crippen LogP contribution is -2.23. The Hall–Kier alpha value is -2.17. The van der Waals surface area contributed by atoms with E-state index < -0.39 is 17.3 Å². The summed E-state index contributed by atoms with van der Waals surface area (Å²) in [5.74, 6) is -1.24. The minimum Gasteiger partial charge on any atom is -0.462 e. The van der Waals surface area contributed by atoms with Gasteiger partial charge in [0.15, 0.2) is 0 Å². The third kappa shape index (κ3) is 2.04. The fourth-order valence-electron chi connectivity index (χ4n) is 1.53. The van der Waals surface area contributed by atoms with Crippen LogP contribution in [0.5, 0.6) is 0 Å². The highest BCUT2D eigenvalue weighted by Gasteiger charge is 2.13. The molecule has 88 valence electrons. The van der Waals surface area contributed by atoms with Crippen molar-refractivity contribution in [2.75, 3.05) is 6.61 Å². The Labute approximate surface area is 96.3 Å². The van der Waals surface area contributed by atoms with Crippen LogP contribution < -0.4 is 5.56 Å². The summed E-state index contributed by atoms with van der Waals surface area (Å²) >= 11 is 0. The quantitative estimate of drug-likeness (QED) is 0.743. The van der Waals surface area contributed by atoms with Gasteiger partial charge in [-0.2, -0.15) is 0 Å². The van der Waals surface area contributed by atoms with Crippen molar-refractivity contribution in [3.8, 4) is 0 Å². The number of fused-ring (bicyclic) bond motifs is 1. The zero-order chi connectivity index (χ0) is 12.4. The molecule has 0 radical (unpaired) electrons. The Morgan fingerprint density at radius 1 is 1.35 bits per heavy atom. The Kier molecular flexibility index (Phi) is 2.91. The molecule has 0 aliphatic rings. The number of carbonyl (C=O) groups excluding carboxylic acids is 1. The van der Waals surface area contributed by atoms with E-state index in [-0.39, 0.29) is 12.2 Å². The predicted molar refractivity (Wildman–Crippen MR) is 59.6 cm³/mol. The van der Waals surface area contributed by atoms with Gasteiger partial charge in [-0.15, -0.1) is 0 Å². The van der Waals surface area contributed by atoms with Crippen LogP contribution in [0.15, 0.2) is 35.3 Å². The van der Waals surface area contributed by atoms with E-state index in [0.29, 0.717) is 5.52 Å². The SMILES string of the molecule is CCOC(=O)c1ccc2ccc(F)cn2c1=O. The van der Waals surface area contributed by atoms with Gasteiger partial charge < -0.3 is 4.74 Å². The van der Waals surface area contributed by atoms with E-state index in [1.807, 2.05) is 0 Å². The number of esters is 1. The number of hydrogen-bond donors (Lipinski definition) is 0. The van der Waals surface area contributed by atoms with Crippen LogP contribution >= 0.6 is 0 Å². The molecule has 0 aliphatic heterocycles. The van der Waals surface area contributed by atoms with Crippen molar-refractivity contribution < 1.29 is 13.9 Å². The molecule has 2 aromatic heterocycles. The average molecular weight is 235 g/mol. The van der Waals surface area contributed by atoms with Gasteiger partial charge in [0.2, 0.25) is 0 Å². The van der Waals surface area contributed by atoms with Crippen molar-refractivity contribution in [2.45, 2.75) is 6.92 Å². The number of nitrogens with zero attached hydrogens (tertiary/aromatic N) is 1. The summed E-state index contributed by atoms with van der Waals surface area (Å²) in [5.41, 5.74) is -0.167. The molecule has 0 fully saturated rings. The van der Waals surface area contributed by atoms with Crippen LogP contribution in [0.1, 0.15) is 17.3 Å². The van der Waals surface area contributed by atoms with E-state index in [9.17, 15) is 14.0 Å². The van der Waals surface area contributed by atoms with Crippen LogP contribution in [0, 0.1) is 5.82 Å². The van der Waals surface area contributed by atoms with E-state index in [1.54, 1.807) is 13.0 Å². The maximum absolute atomic E-state index is 13.0. The number of pyridine rings is 2. The maximum atomic E-state index is 13.0. The molecule has 0 aliphatic carbocycles. The molecule has 0 amide bonds. The maximum Gasteiger partial charge on any atom is 0.343 e. The highest BCUT2D eigenvalue weighted by atomic mass is 19.1. The molecule has 0 spiro atoms. The third-order valence-electron chi connectivity index (χ3n) is 2.31. The Morgan fingerprint density at radius 2 is 2.06 bits per heavy atom. The molecule has 2 aromatic rings. The van der Waals surface area contributed by atoms with Crippen molar-refractivity contribution >= 4 is 11.5 Å². The number of rotatable bonds is 2. The minimum atomic E-state index is -0.698. The summed E-state index contributed by atoms with van der Waals surface area (Å²) in [6.07, 6.45) is 1.04. The summed E-state index contributed by atoms with van der Waals surface area (Å²) < 4.78 is 18.8. The van der Waals surface area contributed by atoms with Gasteiger partial charge in [0.05, 0.1) is 6.61 Å². The molecule has 17 heavy (non-hydrogen) atoms. The number of carbonyl (C=O) groups is 1. The first kappa shape index (κ1) is 11.3. The van der Waals surface area contributed by atoms with Gasteiger partial charge in [0, 0.05) is 11.7 Å². The van der Waals surface area contributed by atoms with Gasteiger partial charge >= 0.3 is 5.97 Å². The Bertz CT molecular complexity index is 633. The molecule has 0 saturated carbocycles. The lowest BCUT2D eigenvalue weighted by atomic mass is 10.2. The second-order valence-electron chi connectivity index (χ2n) is 3.41. The first-order valence-corrected chi connectivity index (χ1v) is 5.11. The molecular weight excluding hydrogens is 225 g/mol. The molecule has 4 nitrogen and oxygen atoms in total. The molecule has 0 unspecified atom stereocenters. The van der Waals surface area contributed by atoms with Crippen molar-refractivity contribution in [2.24, 2.45) is 0 Å². The van der Waals surface area contributed by atoms with E-state index in [4.69, 9.17) is 4.74 Å². The third-order valence-corrected chi connectivity index (χ3v) is 2.31. The lowest BCUT2D eigenvalue weighted by molar-refractivity contribution is 0.0524. The first-order valence-electron chi connectivity index (χ1n) is 5.11. The van der Waals surface area contributed by atoms with Gasteiger partial charge in [-0.3, -0.25) is 9.20 Å². The van der Waals surface area contributed by atoms with Crippen LogP contribution in [0.4, 0.5) is 4.39 Å². The molecule has 0 bridgehead atoms. The van der Waals surface area contributed by atoms with E-state index in [0.717, 1.165) is 10.6 Å². The summed E-state index contributed by atoms with van der Waals surface area (Å²) in [5, 5.41) is 0. The van der Waals surface area contributed by atoms with Gasteiger partial charge in [-0.1, -0.05) is 0 Å². The summed E-state index contributed by atoms with van der Waals surface area (Å²) in [6.45, 7) is 1.83. The molecule has 0 aromatic carbocycles. The van der Waals surface area contributed by atoms with E-state index in [2.05, 4.69) is 0 Å². The molecule has 0 saturated heterocycles. The number of halogens is 1. The largest absolute Gasteiger partial charge is 0.462 e. The predicted octanol–water partition coefficient (Wildman–Crippen LogP) is 1.62. The number of aromatic nitrogens is 1. The monoisotopic (exact) mass is 235 g/mol. The summed E-state index contributed by atoms with van der Waals surface area (Å²) in [4.78, 5) is 23.4. The fraction of sp³-hybridized carbons (Fsp3) is 0.167. The highest BCUT2D eigenvalue weighted by molar-refractivity contribution is 5.89. The first-order chi connectivity index (χ1) is 8.13. The minimum absolute atomic E-state index is 0.102. The smallest absolute Gasteiger partial charge is 0.343 e. The standard InChI is InChI=1S/C12H10FNO3/c1-2-17-12(16)10-6-5-9-4-3-8(13)7-14(9)11(10)15/h3-7H,2H2,1H3.